The maximum atomic E-state index is 12.8. The smallest absolute Gasteiger partial charge is 0.387 e. The van der Waals surface area contributed by atoms with Gasteiger partial charge >= 0.3 is 6.61 Å². The average Bonchev–Trinajstić information content (AvgIpc) is 2.69. The molecule has 2 amide bonds. The molecule has 2 heterocycles. The maximum absolute atomic E-state index is 12.8. The van der Waals surface area contributed by atoms with Gasteiger partial charge in [0.05, 0.1) is 0 Å². The van der Waals surface area contributed by atoms with Crippen LogP contribution in [-0.4, -0.2) is 54.4 Å². The van der Waals surface area contributed by atoms with E-state index >= 15 is 0 Å². The van der Waals surface area contributed by atoms with Gasteiger partial charge in [-0.15, -0.1) is 0 Å². The summed E-state index contributed by atoms with van der Waals surface area (Å²) < 4.78 is 29.7. The lowest BCUT2D eigenvalue weighted by Crippen LogP contribution is -2.46. The Morgan fingerprint density at radius 2 is 1.64 bits per heavy atom. The Labute approximate surface area is 163 Å². The Morgan fingerprint density at radius 3 is 2.25 bits per heavy atom. The molecule has 0 spiro atoms. The van der Waals surface area contributed by atoms with Crippen LogP contribution in [-0.2, 0) is 16.1 Å². The number of carbonyl (C=O) groups excluding carboxylic acids is 2. The molecule has 28 heavy (non-hydrogen) atoms. The number of alkyl halides is 2. The largest absolute Gasteiger partial charge is 0.434 e. The number of para-hydroxylation sites is 1. The van der Waals surface area contributed by atoms with Crippen LogP contribution in [0.4, 0.5) is 8.78 Å². The van der Waals surface area contributed by atoms with E-state index in [2.05, 4.69) is 9.64 Å². The minimum Gasteiger partial charge on any atom is -0.434 e. The number of amides is 2. The lowest BCUT2D eigenvalue weighted by Gasteiger charge is -2.37. The molecule has 2 aliphatic heterocycles. The van der Waals surface area contributed by atoms with E-state index in [4.69, 9.17) is 5.73 Å². The summed E-state index contributed by atoms with van der Waals surface area (Å²) in [5.41, 5.74) is 6.07. The first-order valence-corrected chi connectivity index (χ1v) is 9.77. The summed E-state index contributed by atoms with van der Waals surface area (Å²) in [7, 11) is 0. The number of nitrogens with zero attached hydrogens (tertiary/aromatic N) is 2. The molecule has 2 fully saturated rings. The number of nitrogens with two attached hydrogens (primary N) is 1. The van der Waals surface area contributed by atoms with Crippen LogP contribution in [0.15, 0.2) is 24.3 Å². The van der Waals surface area contributed by atoms with E-state index in [-0.39, 0.29) is 29.4 Å². The Hall–Kier alpha value is -2.22. The van der Waals surface area contributed by atoms with Gasteiger partial charge in [-0.25, -0.2) is 0 Å². The second-order valence-electron chi connectivity index (χ2n) is 7.54. The van der Waals surface area contributed by atoms with E-state index < -0.39 is 6.61 Å². The maximum Gasteiger partial charge on any atom is 0.387 e. The SMILES string of the molecule is NC(=O)C1CCN(C(=O)C2CCN(Cc3ccccc3OC(F)F)CC2)CC1. The molecule has 0 atom stereocenters. The zero-order valence-electron chi connectivity index (χ0n) is 15.9. The number of likely N-dealkylation sites (tertiary alicyclic amines) is 2. The van der Waals surface area contributed by atoms with Crippen molar-refractivity contribution in [2.45, 2.75) is 38.8 Å². The van der Waals surface area contributed by atoms with Crippen LogP contribution >= 0.6 is 0 Å². The molecule has 0 bridgehead atoms. The van der Waals surface area contributed by atoms with Gasteiger partial charge in [0.25, 0.3) is 0 Å². The number of halogens is 2. The molecule has 0 radical (unpaired) electrons. The zero-order chi connectivity index (χ0) is 20.1. The van der Waals surface area contributed by atoms with E-state index in [9.17, 15) is 18.4 Å². The number of carbonyl (C=O) groups is 2. The van der Waals surface area contributed by atoms with E-state index in [1.165, 1.54) is 0 Å². The molecular formula is C20H27F2N3O3. The number of primary amides is 1. The predicted octanol–water partition coefficient (Wildman–Crippen LogP) is 2.22. The quantitative estimate of drug-likeness (QED) is 0.801. The predicted molar refractivity (Wildman–Crippen MR) is 99.6 cm³/mol. The molecule has 1 aromatic carbocycles. The fourth-order valence-corrected chi connectivity index (χ4v) is 4.07. The molecule has 1 aromatic rings. The highest BCUT2D eigenvalue weighted by Crippen LogP contribution is 2.27. The fraction of sp³-hybridized carbons (Fsp3) is 0.600. The minimum atomic E-state index is -2.84. The Morgan fingerprint density at radius 1 is 1.04 bits per heavy atom. The Kier molecular flexibility index (Phi) is 6.83. The summed E-state index contributed by atoms with van der Waals surface area (Å²) >= 11 is 0. The summed E-state index contributed by atoms with van der Waals surface area (Å²) in [5.74, 6) is -0.0658. The van der Waals surface area contributed by atoms with Crippen LogP contribution in [0.5, 0.6) is 5.75 Å². The van der Waals surface area contributed by atoms with Crippen molar-refractivity contribution in [1.29, 1.82) is 0 Å². The molecule has 6 nitrogen and oxygen atoms in total. The van der Waals surface area contributed by atoms with Gasteiger partial charge in [-0.3, -0.25) is 14.5 Å². The molecule has 0 aromatic heterocycles. The van der Waals surface area contributed by atoms with Gasteiger partial charge in [-0.1, -0.05) is 18.2 Å². The van der Waals surface area contributed by atoms with Crippen molar-refractivity contribution in [1.82, 2.24) is 9.80 Å². The Balaban J connectivity index is 1.49. The molecule has 2 saturated heterocycles. The first-order chi connectivity index (χ1) is 13.4. The van der Waals surface area contributed by atoms with Crippen LogP contribution in [0.25, 0.3) is 0 Å². The first kappa shape index (κ1) is 20.5. The third kappa shape index (κ3) is 5.19. The molecule has 0 aliphatic carbocycles. The topological polar surface area (TPSA) is 75.9 Å². The van der Waals surface area contributed by atoms with Gasteiger partial charge in [0.1, 0.15) is 5.75 Å². The van der Waals surface area contributed by atoms with Crippen molar-refractivity contribution in [3.05, 3.63) is 29.8 Å². The van der Waals surface area contributed by atoms with Gasteiger partial charge in [0, 0.05) is 37.0 Å². The van der Waals surface area contributed by atoms with E-state index in [1.807, 2.05) is 4.90 Å². The number of benzene rings is 1. The van der Waals surface area contributed by atoms with Crippen molar-refractivity contribution < 1.29 is 23.1 Å². The molecule has 154 valence electrons. The molecular weight excluding hydrogens is 368 g/mol. The lowest BCUT2D eigenvalue weighted by atomic mass is 9.91. The highest BCUT2D eigenvalue weighted by molar-refractivity contribution is 5.80. The number of piperidine rings is 2. The highest BCUT2D eigenvalue weighted by atomic mass is 19.3. The second-order valence-corrected chi connectivity index (χ2v) is 7.54. The molecule has 2 N–H and O–H groups in total. The second kappa shape index (κ2) is 9.32. The monoisotopic (exact) mass is 395 g/mol. The summed E-state index contributed by atoms with van der Waals surface area (Å²) in [6.07, 6.45) is 2.76. The van der Waals surface area contributed by atoms with E-state index in [0.717, 1.165) is 31.5 Å². The number of rotatable bonds is 6. The summed E-state index contributed by atoms with van der Waals surface area (Å²) in [6.45, 7) is 0.321. The summed E-state index contributed by atoms with van der Waals surface area (Å²) in [6, 6.07) is 6.82. The standard InChI is InChI=1S/C20H27F2N3O3/c21-20(22)28-17-4-2-1-3-16(17)13-24-9-5-15(6-10-24)19(27)25-11-7-14(8-12-25)18(23)26/h1-4,14-15,20H,5-13H2,(H2,23,26). The minimum absolute atomic E-state index is 0.0195. The van der Waals surface area contributed by atoms with Crippen LogP contribution in [0.1, 0.15) is 31.2 Å². The third-order valence-electron chi connectivity index (χ3n) is 5.73. The third-order valence-corrected chi connectivity index (χ3v) is 5.73. The highest BCUT2D eigenvalue weighted by Gasteiger charge is 2.32. The van der Waals surface area contributed by atoms with Gasteiger partial charge in [0.15, 0.2) is 0 Å². The van der Waals surface area contributed by atoms with Crippen molar-refractivity contribution in [2.24, 2.45) is 17.6 Å². The Bertz CT molecular complexity index is 685. The van der Waals surface area contributed by atoms with Crippen molar-refractivity contribution in [2.75, 3.05) is 26.2 Å². The van der Waals surface area contributed by atoms with Crippen molar-refractivity contribution >= 4 is 11.8 Å². The van der Waals surface area contributed by atoms with Crippen molar-refractivity contribution in [3.63, 3.8) is 0 Å². The molecule has 2 aliphatic rings. The fourth-order valence-electron chi connectivity index (χ4n) is 4.07. The van der Waals surface area contributed by atoms with Crippen LogP contribution in [0.2, 0.25) is 0 Å². The molecule has 8 heteroatoms. The summed E-state index contributed by atoms with van der Waals surface area (Å²) in [5, 5.41) is 0. The summed E-state index contributed by atoms with van der Waals surface area (Å²) in [4.78, 5) is 28.0. The number of hydrogen-bond donors (Lipinski definition) is 1. The van der Waals surface area contributed by atoms with Gasteiger partial charge < -0.3 is 15.4 Å². The van der Waals surface area contributed by atoms with Crippen LogP contribution in [0.3, 0.4) is 0 Å². The normalized spacial score (nSPS) is 19.8. The van der Waals surface area contributed by atoms with Crippen LogP contribution < -0.4 is 10.5 Å². The van der Waals surface area contributed by atoms with Gasteiger partial charge in [-0.05, 0) is 44.8 Å². The van der Waals surface area contributed by atoms with Crippen LogP contribution in [0, 0.1) is 11.8 Å². The molecule has 3 rings (SSSR count). The first-order valence-electron chi connectivity index (χ1n) is 9.77. The molecule has 0 saturated carbocycles. The van der Waals surface area contributed by atoms with Crippen molar-refractivity contribution in [3.8, 4) is 5.75 Å². The lowest BCUT2D eigenvalue weighted by molar-refractivity contribution is -0.140. The van der Waals surface area contributed by atoms with Gasteiger partial charge in [-0.2, -0.15) is 8.78 Å². The average molecular weight is 395 g/mol. The number of ether oxygens (including phenoxy) is 1. The number of hydrogen-bond acceptors (Lipinski definition) is 4. The van der Waals surface area contributed by atoms with E-state index in [1.54, 1.807) is 24.3 Å². The molecule has 0 unspecified atom stereocenters. The zero-order valence-corrected chi connectivity index (χ0v) is 15.9. The van der Waals surface area contributed by atoms with E-state index in [0.29, 0.717) is 32.5 Å². The van der Waals surface area contributed by atoms with Gasteiger partial charge in [0.2, 0.25) is 11.8 Å².